The fraction of sp³-hybridized carbons (Fsp3) is 0.520. The van der Waals surface area contributed by atoms with Crippen molar-refractivity contribution in [2.75, 3.05) is 13.2 Å². The maximum absolute atomic E-state index is 12.6. The van der Waals surface area contributed by atoms with Crippen molar-refractivity contribution in [3.63, 3.8) is 0 Å². The van der Waals surface area contributed by atoms with Gasteiger partial charge in [-0.3, -0.25) is 9.59 Å². The van der Waals surface area contributed by atoms with Gasteiger partial charge in [-0.2, -0.15) is 0 Å². The highest BCUT2D eigenvalue weighted by atomic mass is 16.5. The van der Waals surface area contributed by atoms with E-state index in [1.54, 1.807) is 13.8 Å². The SMILES string of the molecule is CCOC(=O)C1C(CC)=CC(C)=CC1(CC)C(=O)OCC.Cc1ccccc1C. The molecule has 0 saturated carbocycles. The van der Waals surface area contributed by atoms with Gasteiger partial charge in [-0.1, -0.05) is 61.4 Å². The van der Waals surface area contributed by atoms with Crippen molar-refractivity contribution in [1.29, 1.82) is 0 Å². The van der Waals surface area contributed by atoms with Crippen LogP contribution in [0.1, 0.15) is 58.6 Å². The second-order valence-corrected chi connectivity index (χ2v) is 7.34. The predicted molar refractivity (Wildman–Crippen MR) is 118 cm³/mol. The summed E-state index contributed by atoms with van der Waals surface area (Å²) in [6.45, 7) is 14.2. The van der Waals surface area contributed by atoms with E-state index >= 15 is 0 Å². The molecule has 0 aromatic heterocycles. The van der Waals surface area contributed by atoms with E-state index in [0.717, 1.165) is 11.1 Å². The second kappa shape index (κ2) is 11.6. The summed E-state index contributed by atoms with van der Waals surface area (Å²) in [5, 5.41) is 0. The van der Waals surface area contributed by atoms with Gasteiger partial charge in [0, 0.05) is 0 Å². The summed E-state index contributed by atoms with van der Waals surface area (Å²) in [5.74, 6) is -1.27. The van der Waals surface area contributed by atoms with Crippen LogP contribution >= 0.6 is 0 Å². The van der Waals surface area contributed by atoms with Crippen molar-refractivity contribution in [3.8, 4) is 0 Å². The molecule has 2 atom stereocenters. The molecule has 0 fully saturated rings. The number of rotatable bonds is 6. The lowest BCUT2D eigenvalue weighted by Crippen LogP contribution is -2.45. The molecule has 1 aromatic rings. The van der Waals surface area contributed by atoms with Crippen molar-refractivity contribution in [2.24, 2.45) is 11.3 Å². The molecule has 160 valence electrons. The molecule has 29 heavy (non-hydrogen) atoms. The lowest BCUT2D eigenvalue weighted by molar-refractivity contribution is -0.164. The van der Waals surface area contributed by atoms with E-state index in [1.165, 1.54) is 11.1 Å². The van der Waals surface area contributed by atoms with Gasteiger partial charge in [-0.25, -0.2) is 0 Å². The third kappa shape index (κ3) is 6.06. The number of carbonyl (C=O) groups is 2. The summed E-state index contributed by atoms with van der Waals surface area (Å²) in [7, 11) is 0. The largest absolute Gasteiger partial charge is 0.465 e. The molecule has 0 spiro atoms. The molecule has 1 aromatic carbocycles. The molecule has 0 aliphatic heterocycles. The number of hydrogen-bond acceptors (Lipinski definition) is 4. The quantitative estimate of drug-likeness (QED) is 0.573. The van der Waals surface area contributed by atoms with E-state index in [1.807, 2.05) is 32.9 Å². The first kappa shape index (κ1) is 24.7. The fourth-order valence-corrected chi connectivity index (χ4v) is 3.69. The highest BCUT2D eigenvalue weighted by Gasteiger charge is 2.51. The minimum absolute atomic E-state index is 0.300. The van der Waals surface area contributed by atoms with Crippen LogP contribution in [0.25, 0.3) is 0 Å². The van der Waals surface area contributed by atoms with Gasteiger partial charge in [-0.15, -0.1) is 0 Å². The van der Waals surface area contributed by atoms with Crippen LogP contribution in [0.2, 0.25) is 0 Å². The van der Waals surface area contributed by atoms with E-state index in [0.29, 0.717) is 26.1 Å². The van der Waals surface area contributed by atoms with Gasteiger partial charge in [0.05, 0.1) is 19.1 Å². The first-order chi connectivity index (χ1) is 13.8. The van der Waals surface area contributed by atoms with Gasteiger partial charge in [0.2, 0.25) is 0 Å². The highest BCUT2D eigenvalue weighted by Crippen LogP contribution is 2.45. The lowest BCUT2D eigenvalue weighted by Gasteiger charge is -2.38. The topological polar surface area (TPSA) is 52.6 Å². The molecule has 0 heterocycles. The maximum Gasteiger partial charge on any atom is 0.317 e. The average Bonchev–Trinajstić information content (AvgIpc) is 2.70. The summed E-state index contributed by atoms with van der Waals surface area (Å²) in [4.78, 5) is 25.0. The van der Waals surface area contributed by atoms with Crippen molar-refractivity contribution < 1.29 is 19.1 Å². The van der Waals surface area contributed by atoms with Gasteiger partial charge in [0.25, 0.3) is 0 Å². The second-order valence-electron chi connectivity index (χ2n) is 7.34. The summed E-state index contributed by atoms with van der Waals surface area (Å²) < 4.78 is 10.5. The van der Waals surface area contributed by atoms with Crippen LogP contribution in [0.15, 0.2) is 47.6 Å². The Morgan fingerprint density at radius 1 is 0.931 bits per heavy atom. The Kier molecular flexibility index (Phi) is 9.87. The number of benzene rings is 1. The number of esters is 2. The zero-order valence-electron chi connectivity index (χ0n) is 19.0. The van der Waals surface area contributed by atoms with Crippen LogP contribution in [0.5, 0.6) is 0 Å². The van der Waals surface area contributed by atoms with Crippen LogP contribution in [0, 0.1) is 25.2 Å². The Morgan fingerprint density at radius 2 is 1.48 bits per heavy atom. The Bertz CT molecular complexity index is 739. The first-order valence-corrected chi connectivity index (χ1v) is 10.5. The van der Waals surface area contributed by atoms with Crippen molar-refractivity contribution in [2.45, 2.75) is 61.3 Å². The number of hydrogen-bond donors (Lipinski definition) is 0. The molecule has 1 aliphatic carbocycles. The third-order valence-corrected chi connectivity index (χ3v) is 5.38. The molecule has 0 radical (unpaired) electrons. The Balaban J connectivity index is 0.000000436. The smallest absolute Gasteiger partial charge is 0.317 e. The zero-order valence-corrected chi connectivity index (χ0v) is 19.0. The van der Waals surface area contributed by atoms with Gasteiger partial charge in [0.1, 0.15) is 5.41 Å². The first-order valence-electron chi connectivity index (χ1n) is 10.5. The number of ether oxygens (including phenoxy) is 2. The summed E-state index contributed by atoms with van der Waals surface area (Å²) >= 11 is 0. The van der Waals surface area contributed by atoms with E-state index in [2.05, 4.69) is 38.1 Å². The minimum atomic E-state index is -0.952. The monoisotopic (exact) mass is 400 g/mol. The summed E-state index contributed by atoms with van der Waals surface area (Å²) in [5.41, 5.74) is 3.71. The fourth-order valence-electron chi connectivity index (χ4n) is 3.69. The van der Waals surface area contributed by atoms with Gasteiger partial charge >= 0.3 is 11.9 Å². The summed E-state index contributed by atoms with van der Waals surface area (Å²) in [6, 6.07) is 8.36. The van der Waals surface area contributed by atoms with Crippen molar-refractivity contribution >= 4 is 11.9 Å². The average molecular weight is 401 g/mol. The van der Waals surface area contributed by atoms with Crippen molar-refractivity contribution in [1.82, 2.24) is 0 Å². The molecule has 4 nitrogen and oxygen atoms in total. The molecule has 4 heteroatoms. The standard InChI is InChI=1S/C17H26O4.C8H10/c1-6-13-10-12(5)11-17(7-2,16(19)21-9-4)14(13)15(18)20-8-3;1-7-5-3-4-6-8(7)2/h10-11,14H,6-9H2,1-5H3;3-6H,1-2H3. The minimum Gasteiger partial charge on any atom is -0.465 e. The predicted octanol–water partition coefficient (Wildman–Crippen LogP) is 5.72. The van der Waals surface area contributed by atoms with Gasteiger partial charge in [0.15, 0.2) is 0 Å². The molecular weight excluding hydrogens is 364 g/mol. The highest BCUT2D eigenvalue weighted by molar-refractivity contribution is 5.90. The third-order valence-electron chi connectivity index (χ3n) is 5.38. The molecule has 0 N–H and O–H groups in total. The van der Waals surface area contributed by atoms with E-state index in [4.69, 9.17) is 9.47 Å². The van der Waals surface area contributed by atoms with Crippen LogP contribution in [0.3, 0.4) is 0 Å². The Labute approximate surface area is 176 Å². The van der Waals surface area contributed by atoms with E-state index in [9.17, 15) is 9.59 Å². The van der Waals surface area contributed by atoms with Gasteiger partial charge < -0.3 is 9.47 Å². The molecular formula is C25H36O4. The number of allylic oxidation sites excluding steroid dienone is 2. The summed E-state index contributed by atoms with van der Waals surface area (Å²) in [6.07, 6.45) is 5.06. The molecule has 2 unspecified atom stereocenters. The van der Waals surface area contributed by atoms with Crippen LogP contribution in [-0.2, 0) is 19.1 Å². The van der Waals surface area contributed by atoms with Crippen LogP contribution in [0.4, 0.5) is 0 Å². The Morgan fingerprint density at radius 3 is 1.90 bits per heavy atom. The van der Waals surface area contributed by atoms with E-state index in [-0.39, 0.29) is 11.9 Å². The maximum atomic E-state index is 12.6. The van der Waals surface area contributed by atoms with Crippen molar-refractivity contribution in [3.05, 3.63) is 58.7 Å². The molecule has 2 rings (SSSR count). The molecule has 1 aliphatic rings. The Hall–Kier alpha value is -2.36. The normalized spacial score (nSPS) is 20.6. The number of carbonyl (C=O) groups excluding carboxylic acids is 2. The zero-order chi connectivity index (χ0) is 22.0. The van der Waals surface area contributed by atoms with Gasteiger partial charge in [-0.05, 0) is 58.6 Å². The van der Waals surface area contributed by atoms with Crippen LogP contribution in [-0.4, -0.2) is 25.2 Å². The lowest BCUT2D eigenvalue weighted by atomic mass is 9.65. The number of aryl methyl sites for hydroxylation is 2. The molecule has 0 bridgehead atoms. The molecule has 0 saturated heterocycles. The van der Waals surface area contributed by atoms with E-state index < -0.39 is 11.3 Å². The molecule has 0 amide bonds. The van der Waals surface area contributed by atoms with Crippen LogP contribution < -0.4 is 0 Å².